The summed E-state index contributed by atoms with van der Waals surface area (Å²) in [5.41, 5.74) is 2.75. The van der Waals surface area contributed by atoms with Crippen LogP contribution in [-0.4, -0.2) is 18.9 Å². The van der Waals surface area contributed by atoms with Crippen molar-refractivity contribution in [3.05, 3.63) is 53.6 Å². The Balaban J connectivity index is 1.86. The van der Waals surface area contributed by atoms with Gasteiger partial charge in [0.2, 0.25) is 0 Å². The summed E-state index contributed by atoms with van der Waals surface area (Å²) in [5.74, 6) is 0.166. The molecule has 1 aliphatic carbocycles. The van der Waals surface area contributed by atoms with Crippen LogP contribution in [0.15, 0.2) is 53.1 Å². The first-order valence-electron chi connectivity index (χ1n) is 6.40. The fourth-order valence-corrected chi connectivity index (χ4v) is 3.28. The van der Waals surface area contributed by atoms with Gasteiger partial charge in [0.05, 0.1) is 29.9 Å². The van der Waals surface area contributed by atoms with E-state index in [4.69, 9.17) is 10.00 Å². The molecule has 1 fully saturated rings. The van der Waals surface area contributed by atoms with Crippen LogP contribution < -0.4 is 0 Å². The smallest absolute Gasteiger partial charge is 0.0988 e. The Bertz CT molecular complexity index is 680. The minimum atomic E-state index is -0.200. The number of para-hydroxylation sites is 1. The highest BCUT2D eigenvalue weighted by Gasteiger charge is 2.51. The van der Waals surface area contributed by atoms with Crippen LogP contribution in [0.4, 0.5) is 5.69 Å². The molecule has 1 aromatic carbocycles. The van der Waals surface area contributed by atoms with Gasteiger partial charge in [0.25, 0.3) is 0 Å². The second-order valence-electron chi connectivity index (χ2n) is 5.21. The van der Waals surface area contributed by atoms with Crippen molar-refractivity contribution in [3.63, 3.8) is 0 Å². The molecule has 0 N–H and O–H groups in total. The first-order chi connectivity index (χ1) is 9.33. The van der Waals surface area contributed by atoms with Crippen molar-refractivity contribution in [2.75, 3.05) is 6.61 Å². The Hall–Kier alpha value is -2.18. The summed E-state index contributed by atoms with van der Waals surface area (Å²) in [6.45, 7) is 0.627. The molecule has 92 valence electrons. The highest BCUT2D eigenvalue weighted by atomic mass is 16.5. The zero-order valence-corrected chi connectivity index (χ0v) is 10.3. The second kappa shape index (κ2) is 3.66. The Labute approximate surface area is 111 Å². The van der Waals surface area contributed by atoms with Gasteiger partial charge in [0.1, 0.15) is 0 Å². The predicted octanol–water partition coefficient (Wildman–Crippen LogP) is 2.68. The highest BCUT2D eigenvalue weighted by molar-refractivity contribution is 5.87. The van der Waals surface area contributed by atoms with Crippen LogP contribution in [0.25, 0.3) is 0 Å². The minimum Gasteiger partial charge on any atom is -0.372 e. The van der Waals surface area contributed by atoms with Crippen molar-refractivity contribution >= 4 is 11.9 Å². The molecule has 1 spiro atoms. The Morgan fingerprint density at radius 2 is 2.26 bits per heavy atom. The number of nitrogens with zero attached hydrogens (tertiary/aromatic N) is 2. The van der Waals surface area contributed by atoms with Gasteiger partial charge in [-0.25, -0.2) is 0 Å². The Kier molecular flexibility index (Phi) is 2.06. The molecule has 1 aromatic rings. The molecular weight excluding hydrogens is 236 g/mol. The third-order valence-corrected chi connectivity index (χ3v) is 4.26. The molecule has 0 amide bonds. The van der Waals surface area contributed by atoms with E-state index in [-0.39, 0.29) is 17.4 Å². The van der Waals surface area contributed by atoms with Gasteiger partial charge in [-0.05, 0) is 17.7 Å². The van der Waals surface area contributed by atoms with Crippen molar-refractivity contribution in [1.29, 1.82) is 5.26 Å². The lowest BCUT2D eigenvalue weighted by Gasteiger charge is -2.28. The minimum absolute atomic E-state index is 0.0507. The quantitative estimate of drug-likeness (QED) is 0.708. The van der Waals surface area contributed by atoms with Crippen LogP contribution in [0.2, 0.25) is 0 Å². The summed E-state index contributed by atoms with van der Waals surface area (Å²) in [4.78, 5) is 4.54. The second-order valence-corrected chi connectivity index (χ2v) is 5.21. The van der Waals surface area contributed by atoms with Gasteiger partial charge in [0, 0.05) is 17.7 Å². The lowest BCUT2D eigenvalue weighted by atomic mass is 9.70. The predicted molar refractivity (Wildman–Crippen MR) is 72.3 cm³/mol. The monoisotopic (exact) mass is 248 g/mol. The van der Waals surface area contributed by atoms with Crippen LogP contribution >= 0.6 is 0 Å². The Morgan fingerprint density at radius 1 is 1.37 bits per heavy atom. The normalized spacial score (nSPS) is 33.9. The highest BCUT2D eigenvalue weighted by Crippen LogP contribution is 2.49. The van der Waals surface area contributed by atoms with E-state index < -0.39 is 0 Å². The Morgan fingerprint density at radius 3 is 3.16 bits per heavy atom. The molecule has 3 aliphatic rings. The summed E-state index contributed by atoms with van der Waals surface area (Å²) in [5, 5.41) is 9.09. The van der Waals surface area contributed by atoms with Crippen LogP contribution in [0.1, 0.15) is 5.56 Å². The standard InChI is InChI=1S/C16H12N2O/c17-8-11-5-6-15-13(7-11)16(10-19-15)9-18-14-4-2-1-3-12(14)16/h1-7,9,13,15H,10H2. The maximum Gasteiger partial charge on any atom is 0.0988 e. The molecule has 2 heterocycles. The molecule has 3 nitrogen and oxygen atoms in total. The van der Waals surface area contributed by atoms with Gasteiger partial charge in [-0.2, -0.15) is 5.26 Å². The molecule has 3 heteroatoms. The van der Waals surface area contributed by atoms with Crippen LogP contribution in [-0.2, 0) is 10.2 Å². The maximum absolute atomic E-state index is 9.09. The third-order valence-electron chi connectivity index (χ3n) is 4.26. The van der Waals surface area contributed by atoms with E-state index in [1.54, 1.807) is 0 Å². The lowest BCUT2D eigenvalue weighted by molar-refractivity contribution is 0.132. The van der Waals surface area contributed by atoms with E-state index >= 15 is 0 Å². The van der Waals surface area contributed by atoms with Crippen LogP contribution in [0.3, 0.4) is 0 Å². The fraction of sp³-hybridized carbons (Fsp3) is 0.250. The first-order valence-corrected chi connectivity index (χ1v) is 6.40. The number of hydrogen-bond acceptors (Lipinski definition) is 3. The number of nitriles is 1. The maximum atomic E-state index is 9.09. The van der Waals surface area contributed by atoms with Gasteiger partial charge in [0.15, 0.2) is 0 Å². The molecule has 2 aliphatic heterocycles. The largest absolute Gasteiger partial charge is 0.372 e. The van der Waals surface area contributed by atoms with Gasteiger partial charge in [-0.15, -0.1) is 0 Å². The molecular formula is C16H12N2O. The number of allylic oxidation sites excluding steroid dienone is 2. The van der Waals surface area contributed by atoms with Gasteiger partial charge >= 0.3 is 0 Å². The molecule has 1 saturated heterocycles. The summed E-state index contributed by atoms with van der Waals surface area (Å²) < 4.78 is 5.91. The molecule has 3 atom stereocenters. The average molecular weight is 248 g/mol. The summed E-state index contributed by atoms with van der Waals surface area (Å²) in [7, 11) is 0. The lowest BCUT2D eigenvalue weighted by Crippen LogP contribution is -2.35. The zero-order valence-electron chi connectivity index (χ0n) is 10.3. The van der Waals surface area contributed by atoms with E-state index in [1.807, 2.05) is 42.6 Å². The number of benzene rings is 1. The van der Waals surface area contributed by atoms with E-state index in [0.717, 1.165) is 5.69 Å². The summed E-state index contributed by atoms with van der Waals surface area (Å²) >= 11 is 0. The van der Waals surface area contributed by atoms with E-state index in [1.165, 1.54) is 5.56 Å². The molecule has 0 aromatic heterocycles. The summed E-state index contributed by atoms with van der Waals surface area (Å²) in [6.07, 6.45) is 7.93. The number of aliphatic imine (C=N–C) groups is 1. The van der Waals surface area contributed by atoms with Crippen LogP contribution in [0.5, 0.6) is 0 Å². The molecule has 4 rings (SSSR count). The number of ether oxygens (including phenoxy) is 1. The van der Waals surface area contributed by atoms with E-state index in [0.29, 0.717) is 12.2 Å². The first kappa shape index (κ1) is 10.7. The van der Waals surface area contributed by atoms with Crippen molar-refractivity contribution in [2.45, 2.75) is 11.5 Å². The zero-order chi connectivity index (χ0) is 12.9. The number of rotatable bonds is 0. The molecule has 19 heavy (non-hydrogen) atoms. The molecule has 0 radical (unpaired) electrons. The van der Waals surface area contributed by atoms with Gasteiger partial charge in [-0.3, -0.25) is 4.99 Å². The van der Waals surface area contributed by atoms with Crippen LogP contribution in [0, 0.1) is 17.2 Å². The van der Waals surface area contributed by atoms with Crippen molar-refractivity contribution in [2.24, 2.45) is 10.9 Å². The molecule has 0 bridgehead atoms. The van der Waals surface area contributed by atoms with Gasteiger partial charge < -0.3 is 4.74 Å². The summed E-state index contributed by atoms with van der Waals surface area (Å²) in [6, 6.07) is 10.4. The van der Waals surface area contributed by atoms with Crippen molar-refractivity contribution in [1.82, 2.24) is 0 Å². The fourth-order valence-electron chi connectivity index (χ4n) is 3.28. The van der Waals surface area contributed by atoms with Crippen molar-refractivity contribution in [3.8, 4) is 6.07 Å². The van der Waals surface area contributed by atoms with Gasteiger partial charge in [-0.1, -0.05) is 30.4 Å². The number of hydrogen-bond donors (Lipinski definition) is 0. The van der Waals surface area contributed by atoms with E-state index in [9.17, 15) is 0 Å². The average Bonchev–Trinajstić information content (AvgIpc) is 3.03. The third kappa shape index (κ3) is 1.32. The SMILES string of the molecule is N#CC1=CC2C(C=C1)OCC21C=Nc2ccccc21. The topological polar surface area (TPSA) is 45.4 Å². The van der Waals surface area contributed by atoms with E-state index in [2.05, 4.69) is 17.1 Å². The number of fused-ring (bicyclic) bond motifs is 4. The molecule has 3 unspecified atom stereocenters. The molecule has 0 saturated carbocycles. The van der Waals surface area contributed by atoms with Crippen molar-refractivity contribution < 1.29 is 4.74 Å².